The van der Waals surface area contributed by atoms with E-state index in [0.29, 0.717) is 0 Å². The van der Waals surface area contributed by atoms with Gasteiger partial charge in [-0.1, -0.05) is 25.0 Å². The fourth-order valence-electron chi connectivity index (χ4n) is 3.43. The van der Waals surface area contributed by atoms with Gasteiger partial charge in [0.05, 0.1) is 23.8 Å². The molecule has 1 aromatic heterocycles. The second-order valence-corrected chi connectivity index (χ2v) is 6.88. The third kappa shape index (κ3) is 3.97. The van der Waals surface area contributed by atoms with Crippen LogP contribution in [0.5, 0.6) is 5.75 Å². The van der Waals surface area contributed by atoms with E-state index in [-0.39, 0.29) is 17.6 Å². The molecule has 1 aliphatic carbocycles. The van der Waals surface area contributed by atoms with Crippen LogP contribution in [0.25, 0.3) is 22.5 Å². The molecule has 0 aliphatic heterocycles. The molecule has 2 aromatic carbocycles. The van der Waals surface area contributed by atoms with Gasteiger partial charge in [0.15, 0.2) is 0 Å². The maximum absolute atomic E-state index is 12.2. The van der Waals surface area contributed by atoms with E-state index in [1.165, 1.54) is 0 Å². The topological polar surface area (TPSA) is 75.1 Å². The van der Waals surface area contributed by atoms with Crippen LogP contribution in [0.15, 0.2) is 60.9 Å². The fourth-order valence-corrected chi connectivity index (χ4v) is 3.43. The molecule has 1 aliphatic rings. The Kier molecular flexibility index (Phi) is 4.83. The number of phenolic OH excluding ortho intramolecular Hbond substituents is 1. The van der Waals surface area contributed by atoms with E-state index in [4.69, 9.17) is 0 Å². The molecule has 0 saturated heterocycles. The third-order valence-corrected chi connectivity index (χ3v) is 4.97. The molecule has 5 nitrogen and oxygen atoms in total. The Morgan fingerprint density at radius 1 is 0.889 bits per heavy atom. The van der Waals surface area contributed by atoms with Crippen molar-refractivity contribution in [2.75, 3.05) is 5.32 Å². The van der Waals surface area contributed by atoms with Gasteiger partial charge in [-0.25, -0.2) is 4.98 Å². The minimum atomic E-state index is 0.120. The van der Waals surface area contributed by atoms with Crippen LogP contribution in [-0.4, -0.2) is 21.0 Å². The monoisotopic (exact) mass is 359 g/mol. The summed E-state index contributed by atoms with van der Waals surface area (Å²) < 4.78 is 0. The maximum Gasteiger partial charge on any atom is 0.227 e. The second kappa shape index (κ2) is 7.58. The van der Waals surface area contributed by atoms with Crippen molar-refractivity contribution in [2.24, 2.45) is 5.92 Å². The average molecular weight is 359 g/mol. The number of hydrogen-bond donors (Lipinski definition) is 2. The summed E-state index contributed by atoms with van der Waals surface area (Å²) in [7, 11) is 0. The second-order valence-electron chi connectivity index (χ2n) is 6.88. The van der Waals surface area contributed by atoms with E-state index < -0.39 is 0 Å². The predicted molar refractivity (Wildman–Crippen MR) is 105 cm³/mol. The summed E-state index contributed by atoms with van der Waals surface area (Å²) in [5, 5.41) is 12.4. The van der Waals surface area contributed by atoms with Gasteiger partial charge < -0.3 is 10.4 Å². The zero-order chi connectivity index (χ0) is 18.6. The number of benzene rings is 2. The molecule has 2 N–H and O–H groups in total. The lowest BCUT2D eigenvalue weighted by molar-refractivity contribution is -0.119. The molecule has 27 heavy (non-hydrogen) atoms. The highest BCUT2D eigenvalue weighted by atomic mass is 16.3. The first-order valence-electron chi connectivity index (χ1n) is 9.22. The smallest absolute Gasteiger partial charge is 0.227 e. The maximum atomic E-state index is 12.2. The Hall–Kier alpha value is -3.21. The number of nitrogens with one attached hydrogen (secondary N) is 1. The summed E-state index contributed by atoms with van der Waals surface area (Å²) in [5.41, 5.74) is 4.13. The van der Waals surface area contributed by atoms with E-state index in [1.54, 1.807) is 24.5 Å². The fraction of sp³-hybridized carbons (Fsp3) is 0.227. The van der Waals surface area contributed by atoms with E-state index in [1.807, 2.05) is 36.4 Å². The molecule has 1 fully saturated rings. The van der Waals surface area contributed by atoms with Gasteiger partial charge in [-0.05, 0) is 49.2 Å². The number of carbonyl (C=O) groups is 1. The molecule has 3 aromatic rings. The highest BCUT2D eigenvalue weighted by Gasteiger charge is 2.22. The quantitative estimate of drug-likeness (QED) is 0.711. The van der Waals surface area contributed by atoms with Crippen LogP contribution in [0.4, 0.5) is 5.69 Å². The molecule has 4 rings (SSSR count). The van der Waals surface area contributed by atoms with Crippen LogP contribution in [0.3, 0.4) is 0 Å². The zero-order valence-electron chi connectivity index (χ0n) is 14.9. The van der Waals surface area contributed by atoms with Crippen molar-refractivity contribution in [1.29, 1.82) is 0 Å². The Bertz CT molecular complexity index is 931. The lowest BCUT2D eigenvalue weighted by Crippen LogP contribution is -2.20. The standard InChI is InChI=1S/C22H21N3O2/c26-19-11-7-16(8-12-19)21-14-23-13-20(25-21)15-5-9-18(10-6-15)24-22(27)17-3-1-2-4-17/h5-14,17,26H,1-4H2,(H,24,27). The number of hydrogen-bond acceptors (Lipinski definition) is 4. The van der Waals surface area contributed by atoms with Crippen molar-refractivity contribution in [1.82, 2.24) is 9.97 Å². The van der Waals surface area contributed by atoms with E-state index in [0.717, 1.165) is 53.9 Å². The molecule has 0 atom stereocenters. The van der Waals surface area contributed by atoms with Crippen molar-refractivity contribution in [3.05, 3.63) is 60.9 Å². The minimum Gasteiger partial charge on any atom is -0.508 e. The Labute approximate surface area is 158 Å². The summed E-state index contributed by atoms with van der Waals surface area (Å²) in [5.74, 6) is 0.491. The predicted octanol–water partition coefficient (Wildman–Crippen LogP) is 4.64. The highest BCUT2D eigenvalue weighted by molar-refractivity contribution is 5.92. The number of phenols is 1. The molecule has 0 unspecified atom stereocenters. The zero-order valence-corrected chi connectivity index (χ0v) is 14.9. The molecule has 1 saturated carbocycles. The van der Waals surface area contributed by atoms with Gasteiger partial charge in [0.1, 0.15) is 5.75 Å². The minimum absolute atomic E-state index is 0.120. The van der Waals surface area contributed by atoms with Crippen LogP contribution < -0.4 is 5.32 Å². The summed E-state index contributed by atoms with van der Waals surface area (Å²) in [4.78, 5) is 21.2. The lowest BCUT2D eigenvalue weighted by atomic mass is 10.1. The van der Waals surface area contributed by atoms with Crippen molar-refractivity contribution in [3.63, 3.8) is 0 Å². The largest absolute Gasteiger partial charge is 0.508 e. The van der Waals surface area contributed by atoms with Gasteiger partial charge in [-0.3, -0.25) is 9.78 Å². The summed E-state index contributed by atoms with van der Waals surface area (Å²) in [6, 6.07) is 14.6. The molecule has 1 amide bonds. The normalized spacial score (nSPS) is 14.2. The number of carbonyl (C=O) groups excluding carboxylic acids is 1. The summed E-state index contributed by atoms with van der Waals surface area (Å²) >= 11 is 0. The van der Waals surface area contributed by atoms with Crippen LogP contribution in [0.2, 0.25) is 0 Å². The van der Waals surface area contributed by atoms with Crippen LogP contribution >= 0.6 is 0 Å². The molecule has 5 heteroatoms. The van der Waals surface area contributed by atoms with Gasteiger partial charge in [0, 0.05) is 22.7 Å². The van der Waals surface area contributed by atoms with E-state index >= 15 is 0 Å². The van der Waals surface area contributed by atoms with E-state index in [9.17, 15) is 9.90 Å². The number of rotatable bonds is 4. The Balaban J connectivity index is 1.51. The molecule has 0 radical (unpaired) electrons. The Morgan fingerprint density at radius 3 is 2.04 bits per heavy atom. The first-order chi connectivity index (χ1) is 13.2. The Morgan fingerprint density at radius 2 is 1.44 bits per heavy atom. The summed E-state index contributed by atoms with van der Waals surface area (Å²) in [6.45, 7) is 0. The van der Waals surface area contributed by atoms with Crippen LogP contribution in [0, 0.1) is 5.92 Å². The van der Waals surface area contributed by atoms with E-state index in [2.05, 4.69) is 15.3 Å². The van der Waals surface area contributed by atoms with Crippen molar-refractivity contribution < 1.29 is 9.90 Å². The first-order valence-corrected chi connectivity index (χ1v) is 9.22. The van der Waals surface area contributed by atoms with Gasteiger partial charge >= 0.3 is 0 Å². The summed E-state index contributed by atoms with van der Waals surface area (Å²) in [6.07, 6.45) is 7.69. The van der Waals surface area contributed by atoms with Gasteiger partial charge in [0.2, 0.25) is 5.91 Å². The van der Waals surface area contributed by atoms with Gasteiger partial charge in [0.25, 0.3) is 0 Å². The SMILES string of the molecule is O=C(Nc1ccc(-c2cncc(-c3ccc(O)cc3)n2)cc1)C1CCCC1. The first kappa shape index (κ1) is 17.2. The van der Waals surface area contributed by atoms with Gasteiger partial charge in [-0.2, -0.15) is 0 Å². The molecule has 136 valence electrons. The van der Waals surface area contributed by atoms with Crippen LogP contribution in [-0.2, 0) is 4.79 Å². The van der Waals surface area contributed by atoms with Crippen molar-refractivity contribution in [3.8, 4) is 28.3 Å². The molecule has 0 spiro atoms. The number of anilines is 1. The number of aromatic hydroxyl groups is 1. The van der Waals surface area contributed by atoms with Crippen molar-refractivity contribution >= 4 is 11.6 Å². The number of nitrogens with zero attached hydrogens (tertiary/aromatic N) is 2. The number of aromatic nitrogens is 2. The molecular weight excluding hydrogens is 338 g/mol. The van der Waals surface area contributed by atoms with Crippen molar-refractivity contribution in [2.45, 2.75) is 25.7 Å². The average Bonchev–Trinajstić information content (AvgIpc) is 3.24. The van der Waals surface area contributed by atoms with Crippen LogP contribution in [0.1, 0.15) is 25.7 Å². The molecular formula is C22H21N3O2. The third-order valence-electron chi connectivity index (χ3n) is 4.97. The lowest BCUT2D eigenvalue weighted by Gasteiger charge is -2.11. The highest BCUT2D eigenvalue weighted by Crippen LogP contribution is 2.27. The molecule has 0 bridgehead atoms. The molecule has 1 heterocycles. The van der Waals surface area contributed by atoms with Gasteiger partial charge in [-0.15, -0.1) is 0 Å². The number of amides is 1.